The van der Waals surface area contributed by atoms with Crippen molar-refractivity contribution in [1.82, 2.24) is 4.90 Å². The van der Waals surface area contributed by atoms with Crippen LogP contribution in [0.15, 0.2) is 18.2 Å². The Bertz CT molecular complexity index is 440. The van der Waals surface area contributed by atoms with Gasteiger partial charge in [0.1, 0.15) is 0 Å². The standard InChI is InChI=1S/C13H15NO3/c15-13(14-6-1-7-14)5-3-10-2-4-11-12(8-10)17-9-16-11/h2,4,8H,1,3,5-7,9H2. The minimum Gasteiger partial charge on any atom is -0.454 e. The van der Waals surface area contributed by atoms with Crippen molar-refractivity contribution in [3.05, 3.63) is 23.8 Å². The van der Waals surface area contributed by atoms with Crippen LogP contribution in [0.1, 0.15) is 18.4 Å². The van der Waals surface area contributed by atoms with E-state index in [4.69, 9.17) is 9.47 Å². The van der Waals surface area contributed by atoms with Crippen molar-refractivity contribution in [2.75, 3.05) is 19.9 Å². The lowest BCUT2D eigenvalue weighted by atomic mass is 10.1. The molecule has 2 aliphatic rings. The zero-order valence-corrected chi connectivity index (χ0v) is 9.65. The smallest absolute Gasteiger partial charge is 0.231 e. The number of aryl methyl sites for hydroxylation is 1. The van der Waals surface area contributed by atoms with Gasteiger partial charge in [0.15, 0.2) is 11.5 Å². The summed E-state index contributed by atoms with van der Waals surface area (Å²) >= 11 is 0. The van der Waals surface area contributed by atoms with E-state index in [1.807, 2.05) is 23.1 Å². The molecule has 90 valence electrons. The van der Waals surface area contributed by atoms with Crippen LogP contribution in [0, 0.1) is 0 Å². The van der Waals surface area contributed by atoms with Crippen LogP contribution in [-0.4, -0.2) is 30.7 Å². The molecule has 3 rings (SSSR count). The summed E-state index contributed by atoms with van der Waals surface area (Å²) in [5.74, 6) is 1.84. The van der Waals surface area contributed by atoms with Gasteiger partial charge in [-0.05, 0) is 30.5 Å². The van der Waals surface area contributed by atoms with Crippen molar-refractivity contribution >= 4 is 5.91 Å². The maximum absolute atomic E-state index is 11.7. The minimum atomic E-state index is 0.258. The molecule has 0 spiro atoms. The molecule has 0 atom stereocenters. The lowest BCUT2D eigenvalue weighted by Gasteiger charge is -2.30. The third-order valence-corrected chi connectivity index (χ3v) is 3.27. The molecular formula is C13H15NO3. The second-order valence-electron chi connectivity index (χ2n) is 4.42. The Morgan fingerprint density at radius 1 is 1.24 bits per heavy atom. The van der Waals surface area contributed by atoms with E-state index in [1.54, 1.807) is 0 Å². The quantitative estimate of drug-likeness (QED) is 0.795. The Morgan fingerprint density at radius 3 is 2.82 bits per heavy atom. The highest BCUT2D eigenvalue weighted by Crippen LogP contribution is 2.32. The third-order valence-electron chi connectivity index (χ3n) is 3.27. The monoisotopic (exact) mass is 233 g/mol. The number of hydrogen-bond acceptors (Lipinski definition) is 3. The number of nitrogens with zero attached hydrogens (tertiary/aromatic N) is 1. The first kappa shape index (κ1) is 10.4. The van der Waals surface area contributed by atoms with E-state index >= 15 is 0 Å². The van der Waals surface area contributed by atoms with Gasteiger partial charge >= 0.3 is 0 Å². The molecule has 1 saturated heterocycles. The van der Waals surface area contributed by atoms with Gasteiger partial charge in [-0.25, -0.2) is 0 Å². The van der Waals surface area contributed by atoms with E-state index in [0.29, 0.717) is 13.2 Å². The Labute approximate surface area is 100 Å². The minimum absolute atomic E-state index is 0.258. The van der Waals surface area contributed by atoms with Gasteiger partial charge in [0.25, 0.3) is 0 Å². The SMILES string of the molecule is O=C(CCc1ccc2c(c1)OCO2)N1CCC1. The van der Waals surface area contributed by atoms with Crippen LogP contribution >= 0.6 is 0 Å². The van der Waals surface area contributed by atoms with E-state index in [0.717, 1.165) is 43.0 Å². The molecule has 17 heavy (non-hydrogen) atoms. The molecule has 0 N–H and O–H groups in total. The van der Waals surface area contributed by atoms with Gasteiger partial charge in [0.2, 0.25) is 12.7 Å². The third kappa shape index (κ3) is 2.07. The van der Waals surface area contributed by atoms with Crippen LogP contribution in [0.3, 0.4) is 0 Å². The summed E-state index contributed by atoms with van der Waals surface area (Å²) in [6.07, 6.45) is 2.50. The Kier molecular flexibility index (Phi) is 2.63. The van der Waals surface area contributed by atoms with Crippen LogP contribution in [-0.2, 0) is 11.2 Å². The number of likely N-dealkylation sites (tertiary alicyclic amines) is 1. The normalized spacial score (nSPS) is 16.8. The van der Waals surface area contributed by atoms with E-state index in [9.17, 15) is 4.79 Å². The fraction of sp³-hybridized carbons (Fsp3) is 0.462. The maximum atomic E-state index is 11.7. The number of carbonyl (C=O) groups is 1. The van der Waals surface area contributed by atoms with E-state index < -0.39 is 0 Å². The first-order valence-electron chi connectivity index (χ1n) is 5.99. The molecule has 0 radical (unpaired) electrons. The Morgan fingerprint density at radius 2 is 2.06 bits per heavy atom. The number of carbonyl (C=O) groups excluding carboxylic acids is 1. The van der Waals surface area contributed by atoms with Crippen molar-refractivity contribution < 1.29 is 14.3 Å². The average molecular weight is 233 g/mol. The van der Waals surface area contributed by atoms with Crippen LogP contribution in [0.4, 0.5) is 0 Å². The second-order valence-corrected chi connectivity index (χ2v) is 4.42. The molecule has 1 fully saturated rings. The summed E-state index contributed by atoms with van der Waals surface area (Å²) in [6, 6.07) is 5.87. The predicted molar refractivity (Wildman–Crippen MR) is 62.1 cm³/mol. The second kappa shape index (κ2) is 4.28. The number of hydrogen-bond donors (Lipinski definition) is 0. The Hall–Kier alpha value is -1.71. The van der Waals surface area contributed by atoms with Crippen LogP contribution in [0.5, 0.6) is 11.5 Å². The number of amides is 1. The maximum Gasteiger partial charge on any atom is 0.231 e. The summed E-state index contributed by atoms with van der Waals surface area (Å²) < 4.78 is 10.6. The van der Waals surface area contributed by atoms with Gasteiger partial charge in [-0.15, -0.1) is 0 Å². The molecule has 0 aromatic heterocycles. The van der Waals surface area contributed by atoms with Crippen molar-refractivity contribution in [3.63, 3.8) is 0 Å². The van der Waals surface area contributed by atoms with Gasteiger partial charge in [0, 0.05) is 19.5 Å². The number of benzene rings is 1. The van der Waals surface area contributed by atoms with Crippen molar-refractivity contribution in [2.45, 2.75) is 19.3 Å². The number of ether oxygens (including phenoxy) is 2. The largest absolute Gasteiger partial charge is 0.454 e. The molecule has 2 heterocycles. The summed E-state index contributed by atoms with van der Waals surface area (Å²) in [4.78, 5) is 13.6. The molecule has 0 bridgehead atoms. The molecule has 1 aromatic rings. The number of rotatable bonds is 3. The van der Waals surface area contributed by atoms with Crippen molar-refractivity contribution in [1.29, 1.82) is 0 Å². The van der Waals surface area contributed by atoms with Crippen LogP contribution in [0.25, 0.3) is 0 Å². The zero-order chi connectivity index (χ0) is 11.7. The van der Waals surface area contributed by atoms with Crippen molar-refractivity contribution in [2.24, 2.45) is 0 Å². The lowest BCUT2D eigenvalue weighted by Crippen LogP contribution is -2.42. The van der Waals surface area contributed by atoms with Gasteiger partial charge in [-0.2, -0.15) is 0 Å². The van der Waals surface area contributed by atoms with E-state index in [2.05, 4.69) is 0 Å². The first-order chi connectivity index (χ1) is 8.33. The predicted octanol–water partition coefficient (Wildman–Crippen LogP) is 1.58. The first-order valence-corrected chi connectivity index (χ1v) is 5.99. The topological polar surface area (TPSA) is 38.8 Å². The summed E-state index contributed by atoms with van der Waals surface area (Å²) in [7, 11) is 0. The zero-order valence-electron chi connectivity index (χ0n) is 9.65. The highest BCUT2D eigenvalue weighted by Gasteiger charge is 2.20. The highest BCUT2D eigenvalue weighted by molar-refractivity contribution is 5.77. The van der Waals surface area contributed by atoms with Crippen LogP contribution in [0.2, 0.25) is 0 Å². The summed E-state index contributed by atoms with van der Waals surface area (Å²) in [6.45, 7) is 2.16. The van der Waals surface area contributed by atoms with E-state index in [-0.39, 0.29) is 5.91 Å². The number of fused-ring (bicyclic) bond motifs is 1. The van der Waals surface area contributed by atoms with E-state index in [1.165, 1.54) is 0 Å². The fourth-order valence-corrected chi connectivity index (χ4v) is 2.07. The molecular weight excluding hydrogens is 218 g/mol. The van der Waals surface area contributed by atoms with Gasteiger partial charge in [-0.3, -0.25) is 4.79 Å². The van der Waals surface area contributed by atoms with Gasteiger partial charge < -0.3 is 14.4 Å². The summed E-state index contributed by atoms with van der Waals surface area (Å²) in [5, 5.41) is 0. The molecule has 4 nitrogen and oxygen atoms in total. The lowest BCUT2D eigenvalue weighted by molar-refractivity contribution is -0.134. The molecule has 0 aliphatic carbocycles. The van der Waals surface area contributed by atoms with Crippen LogP contribution < -0.4 is 9.47 Å². The molecule has 1 aromatic carbocycles. The van der Waals surface area contributed by atoms with Gasteiger partial charge in [0.05, 0.1) is 0 Å². The molecule has 4 heteroatoms. The molecule has 2 aliphatic heterocycles. The average Bonchev–Trinajstić information content (AvgIpc) is 2.71. The highest BCUT2D eigenvalue weighted by atomic mass is 16.7. The molecule has 1 amide bonds. The Balaban J connectivity index is 1.59. The molecule has 0 unspecified atom stereocenters. The molecule has 0 saturated carbocycles. The summed E-state index contributed by atoms with van der Waals surface area (Å²) in [5.41, 5.74) is 1.13. The van der Waals surface area contributed by atoms with Crippen molar-refractivity contribution in [3.8, 4) is 11.5 Å². The van der Waals surface area contributed by atoms with Gasteiger partial charge in [-0.1, -0.05) is 6.07 Å². The fourth-order valence-electron chi connectivity index (χ4n) is 2.07.